The van der Waals surface area contributed by atoms with Crippen LogP contribution in [0.15, 0.2) is 35.2 Å². The minimum absolute atomic E-state index is 0.0938. The maximum absolute atomic E-state index is 12.9. The van der Waals surface area contributed by atoms with E-state index in [-0.39, 0.29) is 11.3 Å². The SMILES string of the molecule is CCCNC1CCC(C)CC1S(=O)(=O)c1ccccc1. The maximum Gasteiger partial charge on any atom is 0.182 e. The quantitative estimate of drug-likeness (QED) is 0.908. The molecule has 0 bridgehead atoms. The molecule has 1 aromatic rings. The lowest BCUT2D eigenvalue weighted by atomic mass is 9.87. The largest absolute Gasteiger partial charge is 0.313 e. The van der Waals surface area contributed by atoms with Crippen LogP contribution >= 0.6 is 0 Å². The Morgan fingerprint density at radius 1 is 1.20 bits per heavy atom. The van der Waals surface area contributed by atoms with Crippen molar-refractivity contribution in [2.75, 3.05) is 6.54 Å². The van der Waals surface area contributed by atoms with E-state index < -0.39 is 9.84 Å². The Morgan fingerprint density at radius 2 is 1.90 bits per heavy atom. The van der Waals surface area contributed by atoms with E-state index in [1.54, 1.807) is 24.3 Å². The van der Waals surface area contributed by atoms with Gasteiger partial charge in [0.2, 0.25) is 0 Å². The minimum atomic E-state index is -3.24. The molecule has 112 valence electrons. The minimum Gasteiger partial charge on any atom is -0.313 e. The first kappa shape index (κ1) is 15.5. The molecule has 1 aliphatic rings. The van der Waals surface area contributed by atoms with Gasteiger partial charge in [-0.05, 0) is 50.3 Å². The molecule has 0 amide bonds. The van der Waals surface area contributed by atoms with Gasteiger partial charge in [0.15, 0.2) is 9.84 Å². The lowest BCUT2D eigenvalue weighted by molar-refractivity contribution is 0.308. The molecule has 0 radical (unpaired) electrons. The molecular weight excluding hydrogens is 270 g/mol. The van der Waals surface area contributed by atoms with Gasteiger partial charge >= 0.3 is 0 Å². The van der Waals surface area contributed by atoms with E-state index >= 15 is 0 Å². The van der Waals surface area contributed by atoms with Crippen molar-refractivity contribution < 1.29 is 8.42 Å². The van der Waals surface area contributed by atoms with Crippen LogP contribution in [-0.2, 0) is 9.84 Å². The molecule has 0 saturated heterocycles. The van der Waals surface area contributed by atoms with Gasteiger partial charge in [-0.25, -0.2) is 8.42 Å². The van der Waals surface area contributed by atoms with E-state index in [1.807, 2.05) is 6.07 Å². The van der Waals surface area contributed by atoms with E-state index in [4.69, 9.17) is 0 Å². The Kier molecular flexibility index (Phi) is 5.22. The van der Waals surface area contributed by atoms with E-state index in [0.717, 1.165) is 32.2 Å². The Labute approximate surface area is 122 Å². The van der Waals surface area contributed by atoms with Crippen LogP contribution in [0.3, 0.4) is 0 Å². The molecule has 0 heterocycles. The zero-order chi connectivity index (χ0) is 14.6. The number of sulfone groups is 1. The van der Waals surface area contributed by atoms with Gasteiger partial charge in [-0.1, -0.05) is 32.0 Å². The van der Waals surface area contributed by atoms with Gasteiger partial charge in [-0.2, -0.15) is 0 Å². The zero-order valence-corrected chi connectivity index (χ0v) is 13.2. The van der Waals surface area contributed by atoms with E-state index in [1.165, 1.54) is 0 Å². The molecule has 3 atom stereocenters. The Hall–Kier alpha value is -0.870. The molecule has 20 heavy (non-hydrogen) atoms. The summed E-state index contributed by atoms with van der Waals surface area (Å²) in [5.74, 6) is 0.484. The zero-order valence-electron chi connectivity index (χ0n) is 12.4. The van der Waals surface area contributed by atoms with Crippen molar-refractivity contribution in [2.45, 2.75) is 55.7 Å². The van der Waals surface area contributed by atoms with Crippen molar-refractivity contribution >= 4 is 9.84 Å². The summed E-state index contributed by atoms with van der Waals surface area (Å²) in [5.41, 5.74) is 0. The van der Waals surface area contributed by atoms with Crippen molar-refractivity contribution in [3.63, 3.8) is 0 Å². The summed E-state index contributed by atoms with van der Waals surface area (Å²) in [6.07, 6.45) is 3.86. The Balaban J connectivity index is 2.25. The lowest BCUT2D eigenvalue weighted by Crippen LogP contribution is -2.48. The fraction of sp³-hybridized carbons (Fsp3) is 0.625. The average Bonchev–Trinajstić information content (AvgIpc) is 2.47. The van der Waals surface area contributed by atoms with Crippen LogP contribution in [0.1, 0.15) is 39.5 Å². The molecule has 3 unspecified atom stereocenters. The first-order valence-corrected chi connectivity index (χ1v) is 9.12. The highest BCUT2D eigenvalue weighted by Crippen LogP contribution is 2.32. The third kappa shape index (κ3) is 3.41. The summed E-state index contributed by atoms with van der Waals surface area (Å²) >= 11 is 0. The van der Waals surface area contributed by atoms with Gasteiger partial charge in [0.1, 0.15) is 0 Å². The van der Waals surface area contributed by atoms with Gasteiger partial charge in [0.25, 0.3) is 0 Å². The van der Waals surface area contributed by atoms with Crippen LogP contribution in [0.25, 0.3) is 0 Å². The average molecular weight is 295 g/mol. The lowest BCUT2D eigenvalue weighted by Gasteiger charge is -2.35. The molecule has 3 nitrogen and oxygen atoms in total. The molecule has 1 aliphatic carbocycles. The maximum atomic E-state index is 12.9. The van der Waals surface area contributed by atoms with Crippen LogP contribution in [-0.4, -0.2) is 26.3 Å². The number of nitrogens with one attached hydrogen (secondary N) is 1. The molecule has 0 spiro atoms. The van der Waals surface area contributed by atoms with Crippen molar-refractivity contribution in [1.82, 2.24) is 5.32 Å². The topological polar surface area (TPSA) is 46.2 Å². The van der Waals surface area contributed by atoms with Gasteiger partial charge in [-0.15, -0.1) is 0 Å². The summed E-state index contributed by atoms with van der Waals surface area (Å²) in [6, 6.07) is 8.98. The van der Waals surface area contributed by atoms with E-state index in [2.05, 4.69) is 19.2 Å². The highest BCUT2D eigenvalue weighted by atomic mass is 32.2. The first-order chi connectivity index (χ1) is 9.55. The second-order valence-corrected chi connectivity index (χ2v) is 8.04. The molecule has 1 saturated carbocycles. The van der Waals surface area contributed by atoms with Crippen LogP contribution < -0.4 is 5.32 Å². The molecular formula is C16H25NO2S. The molecule has 1 fully saturated rings. The third-order valence-electron chi connectivity index (χ3n) is 4.18. The van der Waals surface area contributed by atoms with Gasteiger partial charge < -0.3 is 5.32 Å². The number of rotatable bonds is 5. The molecule has 1 aromatic carbocycles. The highest BCUT2D eigenvalue weighted by molar-refractivity contribution is 7.92. The summed E-state index contributed by atoms with van der Waals surface area (Å²) in [4.78, 5) is 0.461. The van der Waals surface area contributed by atoms with Crippen LogP contribution in [0, 0.1) is 5.92 Å². The number of benzene rings is 1. The van der Waals surface area contributed by atoms with Crippen LogP contribution in [0.5, 0.6) is 0 Å². The van der Waals surface area contributed by atoms with Gasteiger partial charge in [0.05, 0.1) is 10.1 Å². The van der Waals surface area contributed by atoms with Crippen LogP contribution in [0.2, 0.25) is 0 Å². The standard InChI is InChI=1S/C16H25NO2S/c1-3-11-17-15-10-9-13(2)12-16(15)20(18,19)14-7-5-4-6-8-14/h4-8,13,15-17H,3,9-12H2,1-2H3. The summed E-state index contributed by atoms with van der Waals surface area (Å²) in [6.45, 7) is 5.16. The van der Waals surface area contributed by atoms with Crippen LogP contribution in [0.4, 0.5) is 0 Å². The van der Waals surface area contributed by atoms with Gasteiger partial charge in [-0.3, -0.25) is 0 Å². The molecule has 0 aromatic heterocycles. The number of hydrogen-bond donors (Lipinski definition) is 1. The smallest absolute Gasteiger partial charge is 0.182 e. The fourth-order valence-electron chi connectivity index (χ4n) is 3.02. The van der Waals surface area contributed by atoms with Crippen molar-refractivity contribution in [2.24, 2.45) is 5.92 Å². The molecule has 4 heteroatoms. The first-order valence-electron chi connectivity index (χ1n) is 7.58. The van der Waals surface area contributed by atoms with E-state index in [0.29, 0.717) is 10.8 Å². The van der Waals surface area contributed by atoms with Crippen molar-refractivity contribution in [1.29, 1.82) is 0 Å². The fourth-order valence-corrected chi connectivity index (χ4v) is 5.15. The Morgan fingerprint density at radius 3 is 2.55 bits per heavy atom. The van der Waals surface area contributed by atoms with Crippen molar-refractivity contribution in [3.8, 4) is 0 Å². The molecule has 0 aliphatic heterocycles. The summed E-state index contributed by atoms with van der Waals surface area (Å²) in [7, 11) is -3.24. The number of hydrogen-bond acceptors (Lipinski definition) is 3. The monoisotopic (exact) mass is 295 g/mol. The normalized spacial score (nSPS) is 27.4. The van der Waals surface area contributed by atoms with E-state index in [9.17, 15) is 8.42 Å². The molecule has 2 rings (SSSR count). The third-order valence-corrected chi connectivity index (χ3v) is 6.43. The predicted molar refractivity (Wildman–Crippen MR) is 82.5 cm³/mol. The summed E-state index contributed by atoms with van der Waals surface area (Å²) in [5, 5.41) is 3.15. The summed E-state index contributed by atoms with van der Waals surface area (Å²) < 4.78 is 25.7. The molecule has 1 N–H and O–H groups in total. The predicted octanol–water partition coefficient (Wildman–Crippen LogP) is 3.02. The van der Waals surface area contributed by atoms with Gasteiger partial charge in [0, 0.05) is 6.04 Å². The Bertz CT molecular complexity index is 511. The highest BCUT2D eigenvalue weighted by Gasteiger charge is 2.38. The van der Waals surface area contributed by atoms with Crippen molar-refractivity contribution in [3.05, 3.63) is 30.3 Å². The second kappa shape index (κ2) is 6.72. The second-order valence-electron chi connectivity index (χ2n) is 5.88.